The van der Waals surface area contributed by atoms with Gasteiger partial charge in [-0.3, -0.25) is 9.59 Å². The Balaban J connectivity index is 2.36. The smallest absolute Gasteiger partial charge is 0.201 e. The number of ketones is 2. The zero-order valence-electron chi connectivity index (χ0n) is 18.0. The van der Waals surface area contributed by atoms with Crippen LogP contribution in [0.25, 0.3) is 5.57 Å². The molecule has 3 rings (SSSR count). The van der Waals surface area contributed by atoms with Crippen LogP contribution in [0.3, 0.4) is 0 Å². The number of aromatic hydroxyl groups is 1. The average Bonchev–Trinajstić information content (AvgIpc) is 2.58. The molecule has 3 nitrogen and oxygen atoms in total. The number of allylic oxidation sites excluding steroid dienone is 2. The second kappa shape index (κ2) is 6.94. The van der Waals surface area contributed by atoms with Gasteiger partial charge in [-0.25, -0.2) is 0 Å². The van der Waals surface area contributed by atoms with Gasteiger partial charge in [0.2, 0.25) is 5.78 Å². The van der Waals surface area contributed by atoms with Gasteiger partial charge in [0.15, 0.2) is 5.78 Å². The second-order valence-corrected chi connectivity index (χ2v) is 10.6. The number of carbonyl (C=O) groups excluding carboxylic acids is 2. The Morgan fingerprint density at radius 2 is 1.38 bits per heavy atom. The van der Waals surface area contributed by atoms with Gasteiger partial charge in [0.1, 0.15) is 5.75 Å². The van der Waals surface area contributed by atoms with Gasteiger partial charge in [-0.15, -0.1) is 0 Å². The molecule has 1 aliphatic rings. The molecule has 0 atom stereocenters. The van der Waals surface area contributed by atoms with Crippen LogP contribution in [0.15, 0.2) is 34.8 Å². The van der Waals surface area contributed by atoms with Crippen LogP contribution in [-0.2, 0) is 10.8 Å². The van der Waals surface area contributed by atoms with E-state index in [4.69, 9.17) is 0 Å². The molecule has 2 aromatic rings. The van der Waals surface area contributed by atoms with E-state index < -0.39 is 0 Å². The molecule has 0 unspecified atom stereocenters. The number of phenolic OH excluding ortho intramolecular Hbond substituents is 1. The first-order valence-corrected chi connectivity index (χ1v) is 10.5. The fourth-order valence-electron chi connectivity index (χ4n) is 3.79. The molecule has 0 aliphatic heterocycles. The number of Topliss-reactive ketones (excluding diaryl/α,β-unsaturated/α-hetero) is 2. The van der Waals surface area contributed by atoms with E-state index in [1.807, 2.05) is 66.7 Å². The van der Waals surface area contributed by atoms with Crippen LogP contribution in [-0.4, -0.2) is 16.7 Å². The number of fused-ring (bicyclic) bond motifs is 1. The molecule has 29 heavy (non-hydrogen) atoms. The van der Waals surface area contributed by atoms with Crippen LogP contribution < -0.4 is 0 Å². The van der Waals surface area contributed by atoms with Crippen molar-refractivity contribution in [1.82, 2.24) is 0 Å². The Morgan fingerprint density at radius 3 is 1.86 bits per heavy atom. The SMILES string of the molecule is Cc1cccc2c1C(=O)C(c1cc(C(C)(C)C)c(O)c(C(C)(C)C)c1)=C(Br)C2=O. The van der Waals surface area contributed by atoms with Gasteiger partial charge in [-0.05, 0) is 56.9 Å². The Morgan fingerprint density at radius 1 is 0.862 bits per heavy atom. The van der Waals surface area contributed by atoms with Gasteiger partial charge < -0.3 is 5.11 Å². The first kappa shape index (κ1) is 21.5. The summed E-state index contributed by atoms with van der Waals surface area (Å²) >= 11 is 3.41. The Labute approximate surface area is 181 Å². The van der Waals surface area contributed by atoms with Crippen molar-refractivity contribution in [1.29, 1.82) is 0 Å². The molecule has 4 heteroatoms. The molecular formula is C25H27BrO3. The lowest BCUT2D eigenvalue weighted by Crippen LogP contribution is -2.22. The standard InChI is InChI=1S/C25H27BrO3/c1-13-9-8-10-15-18(13)23(29)19(20(26)21(15)27)14-11-16(24(2,3)4)22(28)17(12-14)25(5,6)7/h8-12,28H,1-7H3. The van der Waals surface area contributed by atoms with Crippen LogP contribution in [0.4, 0.5) is 0 Å². The highest BCUT2D eigenvalue weighted by atomic mass is 79.9. The highest BCUT2D eigenvalue weighted by molar-refractivity contribution is 9.12. The van der Waals surface area contributed by atoms with E-state index in [2.05, 4.69) is 15.9 Å². The second-order valence-electron chi connectivity index (χ2n) is 9.76. The minimum atomic E-state index is -0.331. The minimum absolute atomic E-state index is 0.171. The van der Waals surface area contributed by atoms with Crippen molar-refractivity contribution in [2.75, 3.05) is 0 Å². The fourth-order valence-corrected chi connectivity index (χ4v) is 4.42. The molecule has 1 N–H and O–H groups in total. The number of benzene rings is 2. The molecule has 0 aromatic heterocycles. The quantitative estimate of drug-likeness (QED) is 0.536. The molecule has 0 heterocycles. The predicted octanol–water partition coefficient (Wildman–Crippen LogP) is 6.48. The predicted molar refractivity (Wildman–Crippen MR) is 121 cm³/mol. The van der Waals surface area contributed by atoms with Crippen LogP contribution in [0.5, 0.6) is 5.75 Å². The van der Waals surface area contributed by atoms with Gasteiger partial charge in [0.25, 0.3) is 0 Å². The number of phenols is 1. The number of aryl methyl sites for hydroxylation is 1. The van der Waals surface area contributed by atoms with E-state index in [0.29, 0.717) is 22.3 Å². The molecule has 0 amide bonds. The van der Waals surface area contributed by atoms with E-state index in [9.17, 15) is 14.7 Å². The third-order valence-electron chi connectivity index (χ3n) is 5.41. The maximum atomic E-state index is 13.5. The normalized spacial score (nSPS) is 15.0. The first-order chi connectivity index (χ1) is 13.2. The lowest BCUT2D eigenvalue weighted by molar-refractivity contribution is 0.0998. The summed E-state index contributed by atoms with van der Waals surface area (Å²) in [6, 6.07) is 9.02. The summed E-state index contributed by atoms with van der Waals surface area (Å²) in [5.41, 5.74) is 3.52. The van der Waals surface area contributed by atoms with Crippen molar-refractivity contribution in [2.45, 2.75) is 59.3 Å². The van der Waals surface area contributed by atoms with E-state index >= 15 is 0 Å². The number of halogens is 1. The molecule has 0 fully saturated rings. The Kier molecular flexibility index (Phi) is 5.15. The monoisotopic (exact) mass is 454 g/mol. The van der Waals surface area contributed by atoms with Crippen LogP contribution in [0, 0.1) is 6.92 Å². The molecule has 2 aromatic carbocycles. The largest absolute Gasteiger partial charge is 0.507 e. The fraction of sp³-hybridized carbons (Fsp3) is 0.360. The summed E-state index contributed by atoms with van der Waals surface area (Å²) in [5, 5.41) is 11.0. The Hall–Kier alpha value is -2.20. The molecule has 0 saturated heterocycles. The molecule has 152 valence electrons. The summed E-state index contributed by atoms with van der Waals surface area (Å²) in [6.45, 7) is 14.0. The van der Waals surface area contributed by atoms with Gasteiger partial charge in [-0.1, -0.05) is 59.7 Å². The van der Waals surface area contributed by atoms with Gasteiger partial charge in [-0.2, -0.15) is 0 Å². The van der Waals surface area contributed by atoms with E-state index in [0.717, 1.165) is 16.7 Å². The number of carbonyl (C=O) groups is 2. The van der Waals surface area contributed by atoms with Crippen molar-refractivity contribution in [3.05, 3.63) is 68.2 Å². The van der Waals surface area contributed by atoms with E-state index in [1.165, 1.54) is 0 Å². The van der Waals surface area contributed by atoms with Crippen molar-refractivity contribution < 1.29 is 14.7 Å². The summed E-state index contributed by atoms with van der Waals surface area (Å²) in [5.74, 6) is -0.118. The Bertz CT molecular complexity index is 1040. The summed E-state index contributed by atoms with van der Waals surface area (Å²) < 4.78 is 0.269. The third-order valence-corrected chi connectivity index (χ3v) is 6.16. The van der Waals surface area contributed by atoms with Gasteiger partial charge in [0, 0.05) is 27.8 Å². The van der Waals surface area contributed by atoms with Crippen molar-refractivity contribution >= 4 is 33.1 Å². The summed E-state index contributed by atoms with van der Waals surface area (Å²) in [6.07, 6.45) is 0. The molecule has 0 saturated carbocycles. The maximum Gasteiger partial charge on any atom is 0.201 e. The highest BCUT2D eigenvalue weighted by Gasteiger charge is 2.35. The zero-order chi connectivity index (χ0) is 21.9. The molecule has 0 spiro atoms. The number of hydrogen-bond acceptors (Lipinski definition) is 3. The van der Waals surface area contributed by atoms with E-state index in [-0.39, 0.29) is 32.6 Å². The molecular weight excluding hydrogens is 428 g/mol. The number of rotatable bonds is 1. The highest BCUT2D eigenvalue weighted by Crippen LogP contribution is 2.44. The maximum absolute atomic E-state index is 13.5. The molecule has 0 bridgehead atoms. The third kappa shape index (κ3) is 3.59. The minimum Gasteiger partial charge on any atom is -0.507 e. The first-order valence-electron chi connectivity index (χ1n) is 9.72. The van der Waals surface area contributed by atoms with Crippen LogP contribution >= 0.6 is 15.9 Å². The molecule has 0 radical (unpaired) electrons. The molecule has 1 aliphatic carbocycles. The average molecular weight is 455 g/mol. The van der Waals surface area contributed by atoms with Crippen molar-refractivity contribution in [3.8, 4) is 5.75 Å². The lowest BCUT2D eigenvalue weighted by atomic mass is 9.76. The zero-order valence-corrected chi connectivity index (χ0v) is 19.6. The van der Waals surface area contributed by atoms with Crippen LogP contribution in [0.2, 0.25) is 0 Å². The lowest BCUT2D eigenvalue weighted by Gasteiger charge is -2.29. The van der Waals surface area contributed by atoms with E-state index in [1.54, 1.807) is 12.1 Å². The summed E-state index contributed by atoms with van der Waals surface area (Å²) in [4.78, 5) is 26.5. The number of hydrogen-bond donors (Lipinski definition) is 1. The van der Waals surface area contributed by atoms with Crippen LogP contribution in [0.1, 0.15) is 84.5 Å². The van der Waals surface area contributed by atoms with Gasteiger partial charge >= 0.3 is 0 Å². The summed E-state index contributed by atoms with van der Waals surface area (Å²) in [7, 11) is 0. The van der Waals surface area contributed by atoms with Gasteiger partial charge in [0.05, 0.1) is 4.48 Å². The van der Waals surface area contributed by atoms with Crippen molar-refractivity contribution in [2.24, 2.45) is 0 Å². The van der Waals surface area contributed by atoms with Crippen molar-refractivity contribution in [3.63, 3.8) is 0 Å². The topological polar surface area (TPSA) is 54.4 Å².